The molecule has 0 aliphatic heterocycles. The average Bonchev–Trinajstić information content (AvgIpc) is 2.94. The van der Waals surface area contributed by atoms with Crippen molar-refractivity contribution in [2.75, 3.05) is 0 Å². The second-order valence-corrected chi connectivity index (χ2v) is 4.70. The Hall–Kier alpha value is -1.34. The van der Waals surface area contributed by atoms with Gasteiger partial charge < -0.3 is 5.32 Å². The van der Waals surface area contributed by atoms with Crippen molar-refractivity contribution in [3.8, 4) is 6.07 Å². The SMILES string of the molecule is Cc1cscc1CNC(=O)C1(C#N)CC1. The maximum atomic E-state index is 11.6. The summed E-state index contributed by atoms with van der Waals surface area (Å²) >= 11 is 1.63. The first-order chi connectivity index (χ1) is 7.18. The van der Waals surface area contributed by atoms with E-state index in [9.17, 15) is 4.79 Å². The van der Waals surface area contributed by atoms with Gasteiger partial charge >= 0.3 is 0 Å². The third-order valence-corrected chi connectivity index (χ3v) is 3.71. The Kier molecular flexibility index (Phi) is 2.49. The van der Waals surface area contributed by atoms with Crippen LogP contribution in [-0.2, 0) is 11.3 Å². The first kappa shape index (κ1) is 10.2. The highest BCUT2D eigenvalue weighted by Gasteiger charge is 2.50. The monoisotopic (exact) mass is 220 g/mol. The number of nitriles is 1. The van der Waals surface area contributed by atoms with Crippen molar-refractivity contribution < 1.29 is 4.79 Å². The van der Waals surface area contributed by atoms with Crippen LogP contribution >= 0.6 is 11.3 Å². The number of carbonyl (C=O) groups is 1. The molecule has 1 aliphatic rings. The van der Waals surface area contributed by atoms with E-state index in [1.807, 2.05) is 12.3 Å². The molecule has 1 aromatic heterocycles. The molecule has 1 fully saturated rings. The number of rotatable bonds is 3. The van der Waals surface area contributed by atoms with Crippen LogP contribution in [0.1, 0.15) is 24.0 Å². The molecule has 3 nitrogen and oxygen atoms in total. The molecule has 1 aromatic rings. The maximum absolute atomic E-state index is 11.6. The van der Waals surface area contributed by atoms with Crippen molar-refractivity contribution in [2.45, 2.75) is 26.3 Å². The lowest BCUT2D eigenvalue weighted by Crippen LogP contribution is -2.30. The first-order valence-corrected chi connectivity index (χ1v) is 5.83. The van der Waals surface area contributed by atoms with Gasteiger partial charge in [-0.1, -0.05) is 0 Å². The van der Waals surface area contributed by atoms with Gasteiger partial charge in [-0.2, -0.15) is 16.6 Å². The zero-order valence-electron chi connectivity index (χ0n) is 8.54. The van der Waals surface area contributed by atoms with Crippen molar-refractivity contribution in [3.05, 3.63) is 21.9 Å². The molecule has 0 spiro atoms. The third-order valence-electron chi connectivity index (χ3n) is 2.80. The number of nitrogens with one attached hydrogen (secondary N) is 1. The van der Waals surface area contributed by atoms with Crippen molar-refractivity contribution in [2.24, 2.45) is 5.41 Å². The van der Waals surface area contributed by atoms with Gasteiger partial charge in [-0.25, -0.2) is 0 Å². The zero-order valence-corrected chi connectivity index (χ0v) is 9.36. The number of carbonyl (C=O) groups excluding carboxylic acids is 1. The van der Waals surface area contributed by atoms with E-state index in [0.29, 0.717) is 19.4 Å². The van der Waals surface area contributed by atoms with E-state index in [-0.39, 0.29) is 5.91 Å². The summed E-state index contributed by atoms with van der Waals surface area (Å²) in [4.78, 5) is 11.6. The molecule has 1 heterocycles. The number of aryl methyl sites for hydroxylation is 1. The van der Waals surface area contributed by atoms with Crippen LogP contribution in [0.2, 0.25) is 0 Å². The van der Waals surface area contributed by atoms with Gasteiger partial charge in [0.15, 0.2) is 0 Å². The summed E-state index contributed by atoms with van der Waals surface area (Å²) in [6.45, 7) is 2.56. The molecule has 15 heavy (non-hydrogen) atoms. The van der Waals surface area contributed by atoms with Gasteiger partial charge in [0.25, 0.3) is 0 Å². The fraction of sp³-hybridized carbons (Fsp3) is 0.455. The lowest BCUT2D eigenvalue weighted by atomic mass is 10.1. The topological polar surface area (TPSA) is 52.9 Å². The summed E-state index contributed by atoms with van der Waals surface area (Å²) in [5, 5.41) is 15.7. The standard InChI is InChI=1S/C11H12N2OS/c1-8-5-15-6-9(8)4-13-10(14)11(7-12)2-3-11/h5-6H,2-4H2,1H3,(H,13,14). The van der Waals surface area contributed by atoms with Crippen molar-refractivity contribution in [3.63, 3.8) is 0 Å². The van der Waals surface area contributed by atoms with Crippen LogP contribution in [-0.4, -0.2) is 5.91 Å². The van der Waals surface area contributed by atoms with Crippen LogP contribution in [0.4, 0.5) is 0 Å². The number of hydrogen-bond donors (Lipinski definition) is 1. The van der Waals surface area contributed by atoms with Gasteiger partial charge in [-0.05, 0) is 41.7 Å². The number of nitrogens with zero attached hydrogens (tertiary/aromatic N) is 1. The Morgan fingerprint density at radius 3 is 2.87 bits per heavy atom. The molecule has 0 radical (unpaired) electrons. The van der Waals surface area contributed by atoms with E-state index >= 15 is 0 Å². The molecule has 1 amide bonds. The Morgan fingerprint density at radius 1 is 1.67 bits per heavy atom. The quantitative estimate of drug-likeness (QED) is 0.846. The molecule has 0 bridgehead atoms. The highest BCUT2D eigenvalue weighted by molar-refractivity contribution is 7.08. The number of amides is 1. The minimum Gasteiger partial charge on any atom is -0.351 e. The summed E-state index contributed by atoms with van der Waals surface area (Å²) in [5.74, 6) is -0.115. The van der Waals surface area contributed by atoms with Gasteiger partial charge in [0.1, 0.15) is 5.41 Å². The Labute approximate surface area is 92.7 Å². The van der Waals surface area contributed by atoms with Gasteiger partial charge in [-0.15, -0.1) is 0 Å². The fourth-order valence-corrected chi connectivity index (χ4v) is 2.28. The molecule has 0 unspecified atom stereocenters. The van der Waals surface area contributed by atoms with Crippen LogP contribution in [0.3, 0.4) is 0 Å². The van der Waals surface area contributed by atoms with Crippen LogP contribution in [0.5, 0.6) is 0 Å². The summed E-state index contributed by atoms with van der Waals surface area (Å²) in [6.07, 6.45) is 1.41. The van der Waals surface area contributed by atoms with Gasteiger partial charge in [0, 0.05) is 6.54 Å². The molecule has 4 heteroatoms. The first-order valence-electron chi connectivity index (χ1n) is 4.89. The van der Waals surface area contributed by atoms with Crippen LogP contribution < -0.4 is 5.32 Å². The predicted octanol–water partition coefficient (Wildman–Crippen LogP) is 1.98. The minimum atomic E-state index is -0.704. The van der Waals surface area contributed by atoms with E-state index in [1.54, 1.807) is 11.3 Å². The summed E-state index contributed by atoms with van der Waals surface area (Å²) in [5.41, 5.74) is 1.63. The number of hydrogen-bond acceptors (Lipinski definition) is 3. The van der Waals surface area contributed by atoms with E-state index < -0.39 is 5.41 Å². The second-order valence-electron chi connectivity index (χ2n) is 3.96. The molecule has 0 aromatic carbocycles. The van der Waals surface area contributed by atoms with Crippen molar-refractivity contribution in [1.82, 2.24) is 5.32 Å². The molecule has 0 atom stereocenters. The molecule has 78 valence electrons. The van der Waals surface area contributed by atoms with Gasteiger partial charge in [0.2, 0.25) is 5.91 Å². The van der Waals surface area contributed by atoms with E-state index in [1.165, 1.54) is 5.56 Å². The molecule has 1 N–H and O–H groups in total. The van der Waals surface area contributed by atoms with Gasteiger partial charge in [-0.3, -0.25) is 4.79 Å². The lowest BCUT2D eigenvalue weighted by Gasteiger charge is -2.07. The Bertz CT molecular complexity index is 426. The molecule has 0 saturated heterocycles. The highest BCUT2D eigenvalue weighted by atomic mass is 32.1. The Balaban J connectivity index is 1.93. The Morgan fingerprint density at radius 2 is 2.40 bits per heavy atom. The van der Waals surface area contributed by atoms with Gasteiger partial charge in [0.05, 0.1) is 6.07 Å². The second kappa shape index (κ2) is 3.67. The van der Waals surface area contributed by atoms with E-state index in [2.05, 4.69) is 16.8 Å². The third kappa shape index (κ3) is 1.88. The smallest absolute Gasteiger partial charge is 0.240 e. The van der Waals surface area contributed by atoms with Crippen molar-refractivity contribution >= 4 is 17.2 Å². The predicted molar refractivity (Wildman–Crippen MR) is 58.2 cm³/mol. The summed E-state index contributed by atoms with van der Waals surface area (Å²) in [7, 11) is 0. The summed E-state index contributed by atoms with van der Waals surface area (Å²) < 4.78 is 0. The summed E-state index contributed by atoms with van der Waals surface area (Å²) in [6, 6.07) is 2.09. The minimum absolute atomic E-state index is 0.115. The van der Waals surface area contributed by atoms with Crippen molar-refractivity contribution in [1.29, 1.82) is 5.26 Å². The fourth-order valence-electron chi connectivity index (χ4n) is 1.43. The highest BCUT2D eigenvalue weighted by Crippen LogP contribution is 2.45. The molecular weight excluding hydrogens is 208 g/mol. The van der Waals surface area contributed by atoms with Crippen LogP contribution in [0, 0.1) is 23.7 Å². The van der Waals surface area contributed by atoms with Crippen LogP contribution in [0.15, 0.2) is 10.8 Å². The molecule has 1 saturated carbocycles. The molecular formula is C11H12N2OS. The molecule has 1 aliphatic carbocycles. The lowest BCUT2D eigenvalue weighted by molar-refractivity contribution is -0.124. The van der Waals surface area contributed by atoms with E-state index in [0.717, 1.165) is 5.56 Å². The van der Waals surface area contributed by atoms with E-state index in [4.69, 9.17) is 5.26 Å². The average molecular weight is 220 g/mol. The normalized spacial score (nSPS) is 16.8. The maximum Gasteiger partial charge on any atom is 0.240 e. The zero-order chi connectivity index (χ0) is 10.9. The largest absolute Gasteiger partial charge is 0.351 e. The molecule has 2 rings (SSSR count). The van der Waals surface area contributed by atoms with Crippen LogP contribution in [0.25, 0.3) is 0 Å². The number of thiophene rings is 1.